The van der Waals surface area contributed by atoms with Crippen molar-refractivity contribution in [3.05, 3.63) is 48.4 Å². The largest absolute Gasteiger partial charge is 0.490 e. The van der Waals surface area contributed by atoms with Crippen molar-refractivity contribution >= 4 is 5.82 Å². The highest BCUT2D eigenvalue weighted by Gasteiger charge is 2.22. The van der Waals surface area contributed by atoms with Crippen LogP contribution in [0.2, 0.25) is 0 Å². The van der Waals surface area contributed by atoms with E-state index < -0.39 is 11.6 Å². The van der Waals surface area contributed by atoms with Crippen LogP contribution in [0, 0.1) is 11.6 Å². The average Bonchev–Trinajstić information content (AvgIpc) is 3.56. The minimum Gasteiger partial charge on any atom is -0.490 e. The van der Waals surface area contributed by atoms with Gasteiger partial charge in [0.25, 0.3) is 0 Å². The molecule has 0 saturated carbocycles. The van der Waals surface area contributed by atoms with Crippen molar-refractivity contribution in [2.24, 2.45) is 0 Å². The summed E-state index contributed by atoms with van der Waals surface area (Å²) in [5.41, 5.74) is 7.95. The van der Waals surface area contributed by atoms with Crippen LogP contribution in [0.1, 0.15) is 32.2 Å². The standard InChI is InChI=1S/C23H25F2N9O/c1-2-9-35-19-4-3-18(20(24)21(19)25)34-23(30-31-32-34)17-10-14(11-28-22(17)26)15-12-29-33(13-15)16-5-7-27-8-6-16/h3-4,10-13,16,27H,2,5-9H2,1H3,(H2,26,28). The number of nitrogens with one attached hydrogen (secondary N) is 1. The molecule has 1 fully saturated rings. The Bertz CT molecular complexity index is 1330. The number of hydrogen-bond acceptors (Lipinski definition) is 8. The molecule has 182 valence electrons. The van der Waals surface area contributed by atoms with E-state index in [0.717, 1.165) is 41.7 Å². The summed E-state index contributed by atoms with van der Waals surface area (Å²) >= 11 is 0. The molecule has 0 amide bonds. The van der Waals surface area contributed by atoms with E-state index in [2.05, 4.69) is 30.9 Å². The van der Waals surface area contributed by atoms with Gasteiger partial charge >= 0.3 is 0 Å². The van der Waals surface area contributed by atoms with Gasteiger partial charge in [0.15, 0.2) is 17.4 Å². The van der Waals surface area contributed by atoms with Gasteiger partial charge in [0.05, 0.1) is 24.4 Å². The van der Waals surface area contributed by atoms with E-state index in [9.17, 15) is 8.78 Å². The summed E-state index contributed by atoms with van der Waals surface area (Å²) in [6, 6.07) is 4.81. The van der Waals surface area contributed by atoms with Gasteiger partial charge in [-0.15, -0.1) is 5.10 Å². The zero-order valence-corrected chi connectivity index (χ0v) is 19.2. The first-order valence-electron chi connectivity index (χ1n) is 11.5. The molecule has 4 aromatic rings. The Morgan fingerprint density at radius 2 is 1.97 bits per heavy atom. The first-order chi connectivity index (χ1) is 17.1. The number of nitrogens with two attached hydrogens (primary N) is 1. The monoisotopic (exact) mass is 481 g/mol. The topological polar surface area (TPSA) is 122 Å². The number of piperidine rings is 1. The number of aromatic nitrogens is 7. The minimum absolute atomic E-state index is 0.128. The number of hydrogen-bond donors (Lipinski definition) is 2. The summed E-state index contributed by atoms with van der Waals surface area (Å²) in [5.74, 6) is -2.13. The number of tetrazole rings is 1. The van der Waals surface area contributed by atoms with E-state index in [0.29, 0.717) is 18.0 Å². The van der Waals surface area contributed by atoms with Gasteiger partial charge in [0, 0.05) is 23.5 Å². The molecule has 0 radical (unpaired) electrons. The molecule has 0 aliphatic carbocycles. The molecule has 4 heterocycles. The summed E-state index contributed by atoms with van der Waals surface area (Å²) in [6.45, 7) is 4.06. The molecule has 0 spiro atoms. The van der Waals surface area contributed by atoms with E-state index in [1.54, 1.807) is 18.5 Å². The molecule has 0 atom stereocenters. The molecule has 10 nitrogen and oxygen atoms in total. The van der Waals surface area contributed by atoms with Gasteiger partial charge in [-0.1, -0.05) is 6.92 Å². The van der Waals surface area contributed by atoms with Gasteiger partial charge < -0.3 is 15.8 Å². The first kappa shape index (κ1) is 22.8. The maximum atomic E-state index is 14.9. The lowest BCUT2D eigenvalue weighted by Crippen LogP contribution is -2.29. The van der Waals surface area contributed by atoms with Crippen molar-refractivity contribution in [2.75, 3.05) is 25.4 Å². The second-order valence-corrected chi connectivity index (χ2v) is 8.32. The van der Waals surface area contributed by atoms with Gasteiger partial charge in [-0.3, -0.25) is 4.68 Å². The predicted molar refractivity (Wildman–Crippen MR) is 125 cm³/mol. The molecule has 12 heteroatoms. The van der Waals surface area contributed by atoms with Gasteiger partial charge in [0.2, 0.25) is 5.82 Å². The van der Waals surface area contributed by atoms with Crippen LogP contribution in [0.3, 0.4) is 0 Å². The normalized spacial score (nSPS) is 14.4. The van der Waals surface area contributed by atoms with Gasteiger partial charge in [0.1, 0.15) is 11.5 Å². The molecule has 3 N–H and O–H groups in total. The molecule has 1 aliphatic heterocycles. The number of benzene rings is 1. The van der Waals surface area contributed by atoms with E-state index >= 15 is 0 Å². The lowest BCUT2D eigenvalue weighted by atomic mass is 10.1. The number of nitrogen functional groups attached to an aromatic ring is 1. The van der Waals surface area contributed by atoms with E-state index in [4.69, 9.17) is 10.5 Å². The third-order valence-electron chi connectivity index (χ3n) is 5.96. The maximum absolute atomic E-state index is 14.9. The molecule has 1 aromatic carbocycles. The fraction of sp³-hybridized carbons (Fsp3) is 0.348. The summed E-state index contributed by atoms with van der Waals surface area (Å²) < 4.78 is 37.9. The van der Waals surface area contributed by atoms with Crippen molar-refractivity contribution in [1.29, 1.82) is 0 Å². The first-order valence-corrected chi connectivity index (χ1v) is 11.5. The minimum atomic E-state index is -1.13. The Kier molecular flexibility index (Phi) is 6.36. The average molecular weight is 482 g/mol. The lowest BCUT2D eigenvalue weighted by molar-refractivity contribution is 0.295. The molecular weight excluding hydrogens is 456 g/mol. The highest BCUT2D eigenvalue weighted by atomic mass is 19.2. The van der Waals surface area contributed by atoms with Crippen LogP contribution in [0.4, 0.5) is 14.6 Å². The Morgan fingerprint density at radius 1 is 1.14 bits per heavy atom. The highest BCUT2D eigenvalue weighted by Crippen LogP contribution is 2.32. The van der Waals surface area contributed by atoms with Crippen molar-refractivity contribution in [2.45, 2.75) is 32.2 Å². The number of halogens is 2. The smallest absolute Gasteiger partial charge is 0.202 e. The summed E-state index contributed by atoms with van der Waals surface area (Å²) in [5, 5.41) is 19.4. The third-order valence-corrected chi connectivity index (χ3v) is 5.96. The molecule has 0 bridgehead atoms. The molecule has 5 rings (SSSR count). The summed E-state index contributed by atoms with van der Waals surface area (Å²) in [6.07, 6.45) is 8.05. The number of pyridine rings is 1. The Hall–Kier alpha value is -3.93. The van der Waals surface area contributed by atoms with Crippen LogP contribution < -0.4 is 15.8 Å². The quantitative estimate of drug-likeness (QED) is 0.413. The van der Waals surface area contributed by atoms with Crippen LogP contribution in [-0.2, 0) is 0 Å². The highest BCUT2D eigenvalue weighted by molar-refractivity contribution is 5.76. The lowest BCUT2D eigenvalue weighted by Gasteiger charge is -2.22. The fourth-order valence-corrected chi connectivity index (χ4v) is 4.10. The van der Waals surface area contributed by atoms with Crippen molar-refractivity contribution in [3.8, 4) is 34.0 Å². The predicted octanol–water partition coefficient (Wildman–Crippen LogP) is 3.16. The Labute approximate surface area is 200 Å². The van der Waals surface area contributed by atoms with E-state index in [-0.39, 0.29) is 29.7 Å². The van der Waals surface area contributed by atoms with Crippen LogP contribution in [0.25, 0.3) is 28.2 Å². The van der Waals surface area contributed by atoms with Crippen LogP contribution in [0.15, 0.2) is 36.8 Å². The summed E-state index contributed by atoms with van der Waals surface area (Å²) in [4.78, 5) is 4.29. The molecule has 35 heavy (non-hydrogen) atoms. The number of ether oxygens (including phenoxy) is 1. The molecule has 0 unspecified atom stereocenters. The molecule has 3 aromatic heterocycles. The van der Waals surface area contributed by atoms with Gasteiger partial charge in [-0.25, -0.2) is 9.37 Å². The van der Waals surface area contributed by atoms with Crippen LogP contribution >= 0.6 is 0 Å². The van der Waals surface area contributed by atoms with Crippen molar-refractivity contribution < 1.29 is 13.5 Å². The molecule has 1 saturated heterocycles. The Balaban J connectivity index is 1.49. The van der Waals surface area contributed by atoms with Crippen LogP contribution in [-0.4, -0.2) is 54.7 Å². The number of nitrogens with zero attached hydrogens (tertiary/aromatic N) is 7. The van der Waals surface area contributed by atoms with E-state index in [1.165, 1.54) is 12.1 Å². The zero-order chi connectivity index (χ0) is 24.4. The SMILES string of the molecule is CCCOc1ccc(-n2nnnc2-c2cc(-c3cnn(C4CCNCC4)c3)cnc2N)c(F)c1F. The van der Waals surface area contributed by atoms with Gasteiger partial charge in [-0.05, 0) is 61.0 Å². The number of anilines is 1. The van der Waals surface area contributed by atoms with Gasteiger partial charge in [-0.2, -0.15) is 14.2 Å². The van der Waals surface area contributed by atoms with Crippen molar-refractivity contribution in [1.82, 2.24) is 40.3 Å². The van der Waals surface area contributed by atoms with Crippen LogP contribution in [0.5, 0.6) is 5.75 Å². The van der Waals surface area contributed by atoms with Crippen molar-refractivity contribution in [3.63, 3.8) is 0 Å². The maximum Gasteiger partial charge on any atom is 0.202 e. The Morgan fingerprint density at radius 3 is 2.77 bits per heavy atom. The van der Waals surface area contributed by atoms with E-state index in [1.807, 2.05) is 17.8 Å². The summed E-state index contributed by atoms with van der Waals surface area (Å²) in [7, 11) is 0. The fourth-order valence-electron chi connectivity index (χ4n) is 4.10. The second kappa shape index (κ2) is 9.74. The zero-order valence-electron chi connectivity index (χ0n) is 19.2. The number of rotatable bonds is 7. The second-order valence-electron chi connectivity index (χ2n) is 8.32. The third kappa shape index (κ3) is 4.44. The molecule has 1 aliphatic rings. The molecular formula is C23H25F2N9O.